The van der Waals surface area contributed by atoms with Gasteiger partial charge >= 0.3 is 6.03 Å². The van der Waals surface area contributed by atoms with Gasteiger partial charge in [0.2, 0.25) is 5.91 Å². The van der Waals surface area contributed by atoms with Crippen LogP contribution in [0.15, 0.2) is 24.3 Å². The van der Waals surface area contributed by atoms with E-state index in [1.807, 2.05) is 17.0 Å². The van der Waals surface area contributed by atoms with E-state index in [0.29, 0.717) is 17.4 Å². The maximum absolute atomic E-state index is 11.8. The molecule has 4 rings (SSSR count). The molecule has 1 aromatic rings. The smallest absolute Gasteiger partial charge is 0.317 e. The molecule has 0 spiro atoms. The Morgan fingerprint density at radius 3 is 2.64 bits per heavy atom. The monoisotopic (exact) mass is 386 g/mol. The molecule has 3 fully saturated rings. The first kappa shape index (κ1) is 19.2. The molecule has 3 N–H and O–H groups in total. The van der Waals surface area contributed by atoms with Crippen LogP contribution in [0.3, 0.4) is 0 Å². The summed E-state index contributed by atoms with van der Waals surface area (Å²) in [6, 6.07) is 7.71. The molecule has 152 valence electrons. The number of primary amides is 1. The van der Waals surface area contributed by atoms with E-state index in [2.05, 4.69) is 16.3 Å². The molecular formula is C21H30N4O3. The summed E-state index contributed by atoms with van der Waals surface area (Å²) in [5.41, 5.74) is 6.76. The van der Waals surface area contributed by atoms with Crippen molar-refractivity contribution in [3.8, 4) is 0 Å². The number of benzene rings is 1. The second-order valence-corrected chi connectivity index (χ2v) is 8.25. The molecule has 1 aliphatic carbocycles. The Kier molecular flexibility index (Phi) is 5.29. The molecule has 7 nitrogen and oxygen atoms in total. The van der Waals surface area contributed by atoms with Gasteiger partial charge in [-0.15, -0.1) is 0 Å². The molecule has 0 radical (unpaired) electrons. The van der Waals surface area contributed by atoms with Crippen molar-refractivity contribution in [3.05, 3.63) is 35.4 Å². The Bertz CT molecular complexity index is 739. The lowest BCUT2D eigenvalue weighted by Crippen LogP contribution is -2.59. The number of fused-ring (bicyclic) bond motifs is 2. The fraction of sp³-hybridized carbons (Fsp3) is 0.619. The first-order valence-electron chi connectivity index (χ1n) is 10.2. The van der Waals surface area contributed by atoms with Crippen LogP contribution in [0.4, 0.5) is 4.79 Å². The maximum atomic E-state index is 11.8. The van der Waals surface area contributed by atoms with E-state index in [-0.39, 0.29) is 11.6 Å². The summed E-state index contributed by atoms with van der Waals surface area (Å²) in [6.45, 7) is 5.08. The van der Waals surface area contributed by atoms with E-state index < -0.39 is 5.91 Å². The zero-order valence-corrected chi connectivity index (χ0v) is 16.5. The average Bonchev–Trinajstić information content (AvgIpc) is 3.10. The summed E-state index contributed by atoms with van der Waals surface area (Å²) in [4.78, 5) is 27.9. The number of piperidine rings is 1. The quantitative estimate of drug-likeness (QED) is 0.773. The number of methoxy groups -OCH3 is 1. The predicted octanol–water partition coefficient (Wildman–Crippen LogP) is 1.38. The zero-order valence-electron chi connectivity index (χ0n) is 16.5. The highest BCUT2D eigenvalue weighted by molar-refractivity contribution is 5.92. The van der Waals surface area contributed by atoms with Gasteiger partial charge in [0.25, 0.3) is 0 Å². The minimum atomic E-state index is -0.403. The van der Waals surface area contributed by atoms with Crippen molar-refractivity contribution in [2.24, 2.45) is 17.6 Å². The summed E-state index contributed by atoms with van der Waals surface area (Å²) in [6.07, 6.45) is 3.41. The number of rotatable bonds is 6. The van der Waals surface area contributed by atoms with E-state index in [4.69, 9.17) is 10.5 Å². The Labute approximate surface area is 166 Å². The first-order chi connectivity index (χ1) is 13.5. The van der Waals surface area contributed by atoms with E-state index in [1.54, 1.807) is 13.2 Å². The molecule has 2 bridgehead atoms. The zero-order chi connectivity index (χ0) is 19.7. The first-order valence-corrected chi connectivity index (χ1v) is 10.2. The van der Waals surface area contributed by atoms with Crippen LogP contribution < -0.4 is 11.1 Å². The van der Waals surface area contributed by atoms with Crippen LogP contribution in [0.2, 0.25) is 0 Å². The van der Waals surface area contributed by atoms with Crippen molar-refractivity contribution in [2.45, 2.75) is 24.9 Å². The van der Waals surface area contributed by atoms with E-state index in [0.717, 1.165) is 57.7 Å². The summed E-state index contributed by atoms with van der Waals surface area (Å²) >= 11 is 0. The van der Waals surface area contributed by atoms with Crippen LogP contribution in [-0.4, -0.2) is 68.1 Å². The van der Waals surface area contributed by atoms with Crippen LogP contribution in [0.1, 0.15) is 35.2 Å². The highest BCUT2D eigenvalue weighted by atomic mass is 16.5. The molecule has 3 amide bonds. The maximum Gasteiger partial charge on any atom is 0.317 e. The Balaban J connectivity index is 1.54. The van der Waals surface area contributed by atoms with Gasteiger partial charge in [-0.25, -0.2) is 4.79 Å². The molecule has 1 aromatic carbocycles. The van der Waals surface area contributed by atoms with Gasteiger partial charge in [-0.3, -0.25) is 4.79 Å². The number of hydrogen-bond acceptors (Lipinski definition) is 4. The average molecular weight is 386 g/mol. The Morgan fingerprint density at radius 2 is 2.04 bits per heavy atom. The summed E-state index contributed by atoms with van der Waals surface area (Å²) in [5, 5.41) is 2.87. The third-order valence-electron chi connectivity index (χ3n) is 6.84. The third-order valence-corrected chi connectivity index (χ3v) is 6.84. The highest BCUT2D eigenvalue weighted by Gasteiger charge is 2.53. The fourth-order valence-corrected chi connectivity index (χ4v) is 5.53. The van der Waals surface area contributed by atoms with Crippen molar-refractivity contribution >= 4 is 11.9 Å². The molecule has 0 aromatic heterocycles. The van der Waals surface area contributed by atoms with Gasteiger partial charge in [0.05, 0.1) is 0 Å². The van der Waals surface area contributed by atoms with Crippen LogP contribution in [0.25, 0.3) is 0 Å². The van der Waals surface area contributed by atoms with Crippen molar-refractivity contribution in [1.29, 1.82) is 0 Å². The van der Waals surface area contributed by atoms with Crippen LogP contribution in [0, 0.1) is 11.8 Å². The SMILES string of the molecule is COC1(c2cccc(C(N)=O)c2)[C@@H]2CCC[C@H]1CN(CCN1CCNC1=O)C2. The normalized spacial score (nSPS) is 30.3. The van der Waals surface area contributed by atoms with Crippen molar-refractivity contribution in [3.63, 3.8) is 0 Å². The molecular weight excluding hydrogens is 356 g/mol. The van der Waals surface area contributed by atoms with E-state index >= 15 is 0 Å². The standard InChI is InChI=1S/C21H30N4O3/c1-28-21(16-5-2-4-15(12-16)19(22)26)17-6-3-7-18(21)14-24(13-17)10-11-25-9-8-23-20(25)27/h2,4-5,12,17-18H,3,6-11,13-14H2,1H3,(H2,22,26)(H,23,27)/t17-,18+,21?. The fourth-order valence-electron chi connectivity index (χ4n) is 5.53. The summed E-state index contributed by atoms with van der Waals surface area (Å²) in [5.74, 6) is 0.320. The van der Waals surface area contributed by atoms with Gasteiger partial charge < -0.3 is 25.6 Å². The van der Waals surface area contributed by atoms with Gasteiger partial charge in [0.1, 0.15) is 5.60 Å². The number of urea groups is 1. The number of amides is 3. The topological polar surface area (TPSA) is 87.9 Å². The third kappa shape index (κ3) is 3.26. The Hall–Kier alpha value is -2.12. The van der Waals surface area contributed by atoms with Gasteiger partial charge in [0, 0.05) is 63.8 Å². The van der Waals surface area contributed by atoms with Crippen molar-refractivity contribution in [1.82, 2.24) is 15.1 Å². The largest absolute Gasteiger partial charge is 0.373 e. The second-order valence-electron chi connectivity index (χ2n) is 8.25. The van der Waals surface area contributed by atoms with Gasteiger partial charge in [-0.2, -0.15) is 0 Å². The lowest BCUT2D eigenvalue weighted by Gasteiger charge is -2.55. The van der Waals surface area contributed by atoms with Crippen LogP contribution >= 0.6 is 0 Å². The van der Waals surface area contributed by atoms with Gasteiger partial charge in [-0.05, 0) is 30.5 Å². The minimum Gasteiger partial charge on any atom is -0.373 e. The second kappa shape index (κ2) is 7.72. The number of hydrogen-bond donors (Lipinski definition) is 2. The Morgan fingerprint density at radius 1 is 1.29 bits per heavy atom. The molecule has 2 aliphatic heterocycles. The molecule has 1 saturated carbocycles. The lowest BCUT2D eigenvalue weighted by atomic mass is 9.62. The number of nitrogens with zero attached hydrogens (tertiary/aromatic N) is 2. The number of carbonyl (C=O) groups is 2. The molecule has 3 atom stereocenters. The number of nitrogens with one attached hydrogen (secondary N) is 1. The van der Waals surface area contributed by atoms with Gasteiger partial charge in [0.15, 0.2) is 0 Å². The van der Waals surface area contributed by atoms with Crippen molar-refractivity contribution in [2.75, 3.05) is 46.4 Å². The van der Waals surface area contributed by atoms with Crippen LogP contribution in [-0.2, 0) is 10.3 Å². The molecule has 7 heteroatoms. The molecule has 3 aliphatic rings. The number of carbonyl (C=O) groups excluding carboxylic acids is 2. The molecule has 2 saturated heterocycles. The van der Waals surface area contributed by atoms with E-state index in [1.165, 1.54) is 6.42 Å². The minimum absolute atomic E-state index is 0.0479. The van der Waals surface area contributed by atoms with Crippen LogP contribution in [0.5, 0.6) is 0 Å². The summed E-state index contributed by atoms with van der Waals surface area (Å²) < 4.78 is 6.26. The highest BCUT2D eigenvalue weighted by Crippen LogP contribution is 2.51. The van der Waals surface area contributed by atoms with Gasteiger partial charge in [-0.1, -0.05) is 18.6 Å². The number of nitrogens with two attached hydrogens (primary N) is 1. The van der Waals surface area contributed by atoms with Crippen molar-refractivity contribution < 1.29 is 14.3 Å². The molecule has 1 unspecified atom stereocenters. The summed E-state index contributed by atoms with van der Waals surface area (Å²) in [7, 11) is 1.80. The predicted molar refractivity (Wildman–Crippen MR) is 106 cm³/mol. The number of likely N-dealkylation sites (tertiary alicyclic amines) is 1. The molecule has 2 heterocycles. The van der Waals surface area contributed by atoms with E-state index in [9.17, 15) is 9.59 Å². The number of ether oxygens (including phenoxy) is 1. The lowest BCUT2D eigenvalue weighted by molar-refractivity contribution is -0.169. The molecule has 28 heavy (non-hydrogen) atoms.